The van der Waals surface area contributed by atoms with E-state index in [4.69, 9.17) is 9.47 Å². The van der Waals surface area contributed by atoms with Crippen LogP contribution in [0.3, 0.4) is 0 Å². The van der Waals surface area contributed by atoms with Crippen LogP contribution in [0.4, 0.5) is 0 Å². The first kappa shape index (κ1) is 15.2. The number of benzene rings is 3. The molecular weight excluding hydrogens is 312 g/mol. The molecule has 0 unspecified atom stereocenters. The molecule has 1 aliphatic rings. The molecule has 0 amide bonds. The Kier molecular flexibility index (Phi) is 3.82. The summed E-state index contributed by atoms with van der Waals surface area (Å²) in [7, 11) is 1.63. The highest BCUT2D eigenvalue weighted by Gasteiger charge is 2.22. The zero-order valence-electron chi connectivity index (χ0n) is 13.7. The second-order valence-corrected chi connectivity index (χ2v) is 5.83. The minimum atomic E-state index is -0.334. The lowest BCUT2D eigenvalue weighted by atomic mass is 10.1. The Hall–Kier alpha value is -3.33. The van der Waals surface area contributed by atoms with Crippen LogP contribution in [0.1, 0.15) is 11.1 Å². The molecule has 122 valence electrons. The van der Waals surface area contributed by atoms with Crippen molar-refractivity contribution in [2.75, 3.05) is 7.11 Å². The Morgan fingerprint density at radius 3 is 2.44 bits per heavy atom. The van der Waals surface area contributed by atoms with Gasteiger partial charge in [-0.2, -0.15) is 0 Å². The maximum atomic E-state index is 12.2. The monoisotopic (exact) mass is 328 g/mol. The largest absolute Gasteiger partial charge is 0.497 e. The molecule has 0 saturated heterocycles. The van der Waals surface area contributed by atoms with E-state index in [-0.39, 0.29) is 5.97 Å². The van der Waals surface area contributed by atoms with E-state index in [0.717, 1.165) is 27.6 Å². The van der Waals surface area contributed by atoms with E-state index >= 15 is 0 Å². The molecule has 0 aliphatic carbocycles. The maximum Gasteiger partial charge on any atom is 0.343 e. The van der Waals surface area contributed by atoms with Crippen molar-refractivity contribution in [3.05, 3.63) is 89.5 Å². The molecule has 0 fully saturated rings. The topological polar surface area (TPSA) is 35.5 Å². The molecule has 1 heterocycles. The van der Waals surface area contributed by atoms with Gasteiger partial charge in [-0.25, -0.2) is 4.79 Å². The van der Waals surface area contributed by atoms with Crippen molar-refractivity contribution >= 4 is 28.6 Å². The van der Waals surface area contributed by atoms with Gasteiger partial charge in [0.05, 0.1) is 12.7 Å². The van der Waals surface area contributed by atoms with Crippen molar-refractivity contribution < 1.29 is 14.3 Å². The van der Waals surface area contributed by atoms with Crippen LogP contribution < -0.4 is 4.74 Å². The number of rotatable bonds is 3. The van der Waals surface area contributed by atoms with Gasteiger partial charge in [-0.05, 0) is 46.7 Å². The number of cyclic esters (lactones) is 1. The van der Waals surface area contributed by atoms with Gasteiger partial charge in [-0.3, -0.25) is 0 Å². The molecule has 0 atom stereocenters. The normalized spacial score (nSPS) is 15.3. The summed E-state index contributed by atoms with van der Waals surface area (Å²) >= 11 is 0. The van der Waals surface area contributed by atoms with Crippen molar-refractivity contribution in [1.82, 2.24) is 0 Å². The summed E-state index contributed by atoms with van der Waals surface area (Å²) in [5.41, 5.74) is 2.35. The molecule has 3 aromatic rings. The van der Waals surface area contributed by atoms with Crippen LogP contribution in [0, 0.1) is 0 Å². The number of methoxy groups -OCH3 is 1. The number of carbonyl (C=O) groups excluding carboxylic acids is 1. The van der Waals surface area contributed by atoms with E-state index in [2.05, 4.69) is 6.07 Å². The number of fused-ring (bicyclic) bond motifs is 1. The van der Waals surface area contributed by atoms with Gasteiger partial charge in [0.1, 0.15) is 11.5 Å². The van der Waals surface area contributed by atoms with Crippen LogP contribution in [0.25, 0.3) is 22.6 Å². The third-order valence-corrected chi connectivity index (χ3v) is 4.20. The summed E-state index contributed by atoms with van der Waals surface area (Å²) in [6.07, 6.45) is 3.60. The average molecular weight is 328 g/mol. The number of hydrogen-bond acceptors (Lipinski definition) is 3. The van der Waals surface area contributed by atoms with Crippen LogP contribution in [-0.4, -0.2) is 13.1 Å². The molecule has 0 radical (unpaired) electrons. The first-order valence-electron chi connectivity index (χ1n) is 8.02. The van der Waals surface area contributed by atoms with Gasteiger partial charge in [0, 0.05) is 5.56 Å². The Balaban J connectivity index is 1.67. The van der Waals surface area contributed by atoms with Gasteiger partial charge < -0.3 is 9.47 Å². The fourth-order valence-electron chi connectivity index (χ4n) is 2.85. The Labute approximate surface area is 145 Å². The van der Waals surface area contributed by atoms with Gasteiger partial charge in [-0.1, -0.05) is 48.5 Å². The summed E-state index contributed by atoms with van der Waals surface area (Å²) in [6.45, 7) is 0. The van der Waals surface area contributed by atoms with Crippen molar-refractivity contribution in [2.45, 2.75) is 0 Å². The summed E-state index contributed by atoms with van der Waals surface area (Å²) in [5, 5.41) is 2.27. The van der Waals surface area contributed by atoms with Crippen LogP contribution >= 0.6 is 0 Å². The van der Waals surface area contributed by atoms with E-state index in [9.17, 15) is 4.79 Å². The number of esters is 1. The molecular formula is C22H16O3. The molecule has 0 aromatic heterocycles. The van der Waals surface area contributed by atoms with Crippen LogP contribution in [0.15, 0.2) is 78.4 Å². The molecule has 1 aliphatic heterocycles. The maximum absolute atomic E-state index is 12.2. The lowest BCUT2D eigenvalue weighted by Crippen LogP contribution is -1.97. The van der Waals surface area contributed by atoms with Crippen LogP contribution in [-0.2, 0) is 9.53 Å². The highest BCUT2D eigenvalue weighted by molar-refractivity contribution is 6.05. The minimum absolute atomic E-state index is 0.334. The van der Waals surface area contributed by atoms with Crippen molar-refractivity contribution in [1.29, 1.82) is 0 Å². The zero-order valence-corrected chi connectivity index (χ0v) is 13.7. The SMILES string of the molecule is COc1ccc(/C=C2\C=C(c3ccc4ccccc4c3)OC2=O)cc1. The molecule has 0 bridgehead atoms. The first-order valence-corrected chi connectivity index (χ1v) is 8.02. The number of carbonyl (C=O) groups is 1. The quantitative estimate of drug-likeness (QED) is 0.510. The minimum Gasteiger partial charge on any atom is -0.497 e. The molecule has 3 heteroatoms. The summed E-state index contributed by atoms with van der Waals surface area (Å²) in [6, 6.07) is 21.7. The molecule has 3 aromatic carbocycles. The highest BCUT2D eigenvalue weighted by atomic mass is 16.5. The lowest BCUT2D eigenvalue weighted by molar-refractivity contribution is -0.130. The molecule has 4 rings (SSSR count). The average Bonchev–Trinajstić information content (AvgIpc) is 3.02. The molecule has 0 spiro atoms. The molecule has 3 nitrogen and oxygen atoms in total. The van der Waals surface area contributed by atoms with E-state index < -0.39 is 0 Å². The van der Waals surface area contributed by atoms with Crippen LogP contribution in [0.5, 0.6) is 5.75 Å². The number of hydrogen-bond donors (Lipinski definition) is 0. The van der Waals surface area contributed by atoms with Crippen LogP contribution in [0.2, 0.25) is 0 Å². The predicted octanol–water partition coefficient (Wildman–Crippen LogP) is 4.83. The zero-order chi connectivity index (χ0) is 17.2. The van der Waals surface area contributed by atoms with E-state index in [1.165, 1.54) is 0 Å². The molecule has 0 saturated carbocycles. The van der Waals surface area contributed by atoms with Crippen molar-refractivity contribution in [3.8, 4) is 5.75 Å². The van der Waals surface area contributed by atoms with Gasteiger partial charge in [-0.15, -0.1) is 0 Å². The molecule has 25 heavy (non-hydrogen) atoms. The second kappa shape index (κ2) is 6.29. The first-order chi connectivity index (χ1) is 12.2. The summed E-state index contributed by atoms with van der Waals surface area (Å²) in [4.78, 5) is 12.2. The fraction of sp³-hybridized carbons (Fsp3) is 0.0455. The van der Waals surface area contributed by atoms with E-state index in [1.54, 1.807) is 13.2 Å². The molecule has 0 N–H and O–H groups in total. The van der Waals surface area contributed by atoms with Gasteiger partial charge in [0.15, 0.2) is 0 Å². The van der Waals surface area contributed by atoms with Crippen molar-refractivity contribution in [3.63, 3.8) is 0 Å². The lowest BCUT2D eigenvalue weighted by Gasteiger charge is -2.04. The Morgan fingerprint density at radius 1 is 0.920 bits per heavy atom. The summed E-state index contributed by atoms with van der Waals surface area (Å²) < 4.78 is 10.6. The third-order valence-electron chi connectivity index (χ3n) is 4.20. The van der Waals surface area contributed by atoms with Gasteiger partial charge in [0.25, 0.3) is 0 Å². The Morgan fingerprint density at radius 2 is 1.68 bits per heavy atom. The third kappa shape index (κ3) is 3.04. The second-order valence-electron chi connectivity index (χ2n) is 5.83. The smallest absolute Gasteiger partial charge is 0.343 e. The van der Waals surface area contributed by atoms with Crippen molar-refractivity contribution in [2.24, 2.45) is 0 Å². The van der Waals surface area contributed by atoms with E-state index in [0.29, 0.717) is 11.3 Å². The van der Waals surface area contributed by atoms with Gasteiger partial charge >= 0.3 is 5.97 Å². The predicted molar refractivity (Wildman–Crippen MR) is 99.0 cm³/mol. The fourth-order valence-corrected chi connectivity index (χ4v) is 2.85. The van der Waals surface area contributed by atoms with Gasteiger partial charge in [0.2, 0.25) is 0 Å². The Bertz CT molecular complexity index is 1010. The standard InChI is InChI=1S/C22H16O3/c1-24-20-10-6-15(7-11-20)12-19-14-21(25-22(19)23)18-9-8-16-4-2-3-5-17(16)13-18/h2-14H,1H3/b19-12+. The van der Waals surface area contributed by atoms with E-state index in [1.807, 2.05) is 66.7 Å². The number of ether oxygens (including phenoxy) is 2. The highest BCUT2D eigenvalue weighted by Crippen LogP contribution is 2.29. The summed E-state index contributed by atoms with van der Waals surface area (Å²) in [5.74, 6) is 1.03.